The van der Waals surface area contributed by atoms with Crippen LogP contribution in [-0.2, 0) is 27.7 Å². The molecule has 3 rings (SSSR count). The fraction of sp³-hybridized carbons (Fsp3) is 0.409. The first kappa shape index (κ1) is 21.5. The van der Waals surface area contributed by atoms with E-state index < -0.39 is 15.8 Å². The molecule has 0 N–H and O–H groups in total. The van der Waals surface area contributed by atoms with E-state index in [1.165, 1.54) is 22.0 Å². The highest BCUT2D eigenvalue weighted by molar-refractivity contribution is 7.89. The lowest BCUT2D eigenvalue weighted by molar-refractivity contribution is -0.131. The van der Waals surface area contributed by atoms with Crippen molar-refractivity contribution in [3.05, 3.63) is 65.5 Å². The summed E-state index contributed by atoms with van der Waals surface area (Å²) in [5.74, 6) is -0.425. The van der Waals surface area contributed by atoms with E-state index in [-0.39, 0.29) is 17.3 Å². The molecule has 1 amide bonds. The maximum atomic E-state index is 13.1. The summed E-state index contributed by atoms with van der Waals surface area (Å²) in [6.07, 6.45) is 2.66. The Morgan fingerprint density at radius 1 is 0.931 bits per heavy atom. The number of halogens is 1. The Hall–Kier alpha value is -2.25. The molecular formula is C22H27FN2O3S. The van der Waals surface area contributed by atoms with Crippen molar-refractivity contribution in [1.82, 2.24) is 9.21 Å². The Kier molecular flexibility index (Phi) is 7.03. The highest BCUT2D eigenvalue weighted by Crippen LogP contribution is 2.19. The van der Waals surface area contributed by atoms with Gasteiger partial charge in [0.1, 0.15) is 5.82 Å². The molecule has 1 heterocycles. The number of sulfonamides is 1. The van der Waals surface area contributed by atoms with Crippen molar-refractivity contribution in [1.29, 1.82) is 0 Å². The third-order valence-corrected chi connectivity index (χ3v) is 7.23. The summed E-state index contributed by atoms with van der Waals surface area (Å²) >= 11 is 0. The van der Waals surface area contributed by atoms with Gasteiger partial charge in [-0.3, -0.25) is 4.79 Å². The second-order valence-electron chi connectivity index (χ2n) is 7.26. The first-order chi connectivity index (χ1) is 13.9. The predicted molar refractivity (Wildman–Crippen MR) is 110 cm³/mol. The SMILES string of the molecule is CCc1ccc(CCC(=O)N2CCCN(S(=O)(=O)c3ccc(F)cc3)CC2)cc1. The van der Waals surface area contributed by atoms with Crippen molar-refractivity contribution >= 4 is 15.9 Å². The number of aryl methyl sites for hydroxylation is 2. The van der Waals surface area contributed by atoms with Gasteiger partial charge in [-0.25, -0.2) is 12.8 Å². The highest BCUT2D eigenvalue weighted by Gasteiger charge is 2.28. The quantitative estimate of drug-likeness (QED) is 0.724. The zero-order valence-corrected chi connectivity index (χ0v) is 17.5. The summed E-state index contributed by atoms with van der Waals surface area (Å²) < 4.78 is 40.1. The van der Waals surface area contributed by atoms with E-state index in [1.807, 2.05) is 0 Å². The molecule has 1 saturated heterocycles. The first-order valence-corrected chi connectivity index (χ1v) is 11.5. The van der Waals surface area contributed by atoms with Gasteiger partial charge in [-0.1, -0.05) is 31.2 Å². The van der Waals surface area contributed by atoms with Crippen molar-refractivity contribution in [3.8, 4) is 0 Å². The van der Waals surface area contributed by atoms with Gasteiger partial charge in [-0.15, -0.1) is 0 Å². The largest absolute Gasteiger partial charge is 0.341 e. The molecule has 156 valence electrons. The predicted octanol–water partition coefficient (Wildman–Crippen LogP) is 3.24. The molecule has 1 aliphatic rings. The van der Waals surface area contributed by atoms with E-state index in [1.54, 1.807) is 4.90 Å². The van der Waals surface area contributed by atoms with Crippen molar-refractivity contribution < 1.29 is 17.6 Å². The van der Waals surface area contributed by atoms with Gasteiger partial charge < -0.3 is 4.90 Å². The molecule has 1 fully saturated rings. The van der Waals surface area contributed by atoms with Crippen LogP contribution in [0.1, 0.15) is 30.9 Å². The molecule has 0 spiro atoms. The average Bonchev–Trinajstić information content (AvgIpc) is 2.99. The van der Waals surface area contributed by atoms with Gasteiger partial charge in [0, 0.05) is 32.6 Å². The zero-order chi connectivity index (χ0) is 20.9. The molecule has 0 bridgehead atoms. The number of benzene rings is 2. The van der Waals surface area contributed by atoms with Crippen LogP contribution in [0.15, 0.2) is 53.4 Å². The highest BCUT2D eigenvalue weighted by atomic mass is 32.2. The molecule has 0 atom stereocenters. The van der Waals surface area contributed by atoms with E-state index in [0.717, 1.165) is 24.1 Å². The molecule has 1 aliphatic heterocycles. The van der Waals surface area contributed by atoms with Gasteiger partial charge >= 0.3 is 0 Å². The summed E-state index contributed by atoms with van der Waals surface area (Å²) in [7, 11) is -3.68. The first-order valence-electron chi connectivity index (χ1n) is 10.0. The fourth-order valence-electron chi connectivity index (χ4n) is 3.49. The fourth-order valence-corrected chi connectivity index (χ4v) is 4.96. The Labute approximate surface area is 172 Å². The average molecular weight is 419 g/mol. The minimum absolute atomic E-state index is 0.0469. The number of rotatable bonds is 6. The number of hydrogen-bond acceptors (Lipinski definition) is 3. The summed E-state index contributed by atoms with van der Waals surface area (Å²) in [6.45, 7) is 3.62. The molecule has 0 saturated carbocycles. The van der Waals surface area contributed by atoms with Crippen LogP contribution in [0.5, 0.6) is 0 Å². The standard InChI is InChI=1S/C22H27FN2O3S/c1-2-18-4-6-19(7-5-18)8-13-22(26)24-14-3-15-25(17-16-24)29(27,28)21-11-9-20(23)10-12-21/h4-7,9-12H,2-3,8,13-17H2,1H3. The summed E-state index contributed by atoms with van der Waals surface area (Å²) in [6, 6.07) is 13.1. The molecular weight excluding hydrogens is 391 g/mol. The van der Waals surface area contributed by atoms with Gasteiger partial charge in [0.2, 0.25) is 15.9 Å². The van der Waals surface area contributed by atoms with Crippen LogP contribution in [0.25, 0.3) is 0 Å². The topological polar surface area (TPSA) is 57.7 Å². The van der Waals surface area contributed by atoms with Crippen molar-refractivity contribution in [3.63, 3.8) is 0 Å². The van der Waals surface area contributed by atoms with Crippen molar-refractivity contribution in [2.75, 3.05) is 26.2 Å². The molecule has 2 aromatic rings. The summed E-state index contributed by atoms with van der Waals surface area (Å²) in [5.41, 5.74) is 2.40. The number of nitrogens with zero attached hydrogens (tertiary/aromatic N) is 2. The Balaban J connectivity index is 1.57. The molecule has 0 unspecified atom stereocenters. The number of hydrogen-bond donors (Lipinski definition) is 0. The van der Waals surface area contributed by atoms with Crippen LogP contribution < -0.4 is 0 Å². The van der Waals surface area contributed by atoms with Crippen LogP contribution >= 0.6 is 0 Å². The summed E-state index contributed by atoms with van der Waals surface area (Å²) in [4.78, 5) is 14.5. The van der Waals surface area contributed by atoms with Crippen LogP contribution in [0.3, 0.4) is 0 Å². The van der Waals surface area contributed by atoms with Crippen LogP contribution in [0.2, 0.25) is 0 Å². The maximum Gasteiger partial charge on any atom is 0.243 e. The van der Waals surface area contributed by atoms with Gasteiger partial charge in [-0.2, -0.15) is 4.31 Å². The lowest BCUT2D eigenvalue weighted by Crippen LogP contribution is -2.37. The number of carbonyl (C=O) groups is 1. The van der Waals surface area contributed by atoms with Gasteiger partial charge in [-0.05, 0) is 54.7 Å². The third kappa shape index (κ3) is 5.42. The minimum atomic E-state index is -3.68. The lowest BCUT2D eigenvalue weighted by Gasteiger charge is -2.22. The maximum absolute atomic E-state index is 13.1. The lowest BCUT2D eigenvalue weighted by atomic mass is 10.1. The van der Waals surface area contributed by atoms with Gasteiger partial charge in [0.25, 0.3) is 0 Å². The zero-order valence-electron chi connectivity index (χ0n) is 16.7. The van der Waals surface area contributed by atoms with E-state index in [0.29, 0.717) is 38.9 Å². The van der Waals surface area contributed by atoms with E-state index in [9.17, 15) is 17.6 Å². The van der Waals surface area contributed by atoms with Gasteiger partial charge in [0.15, 0.2) is 0 Å². The molecule has 0 aromatic heterocycles. The van der Waals surface area contributed by atoms with E-state index >= 15 is 0 Å². The van der Waals surface area contributed by atoms with E-state index in [4.69, 9.17) is 0 Å². The molecule has 7 heteroatoms. The minimum Gasteiger partial charge on any atom is -0.341 e. The number of carbonyl (C=O) groups excluding carboxylic acids is 1. The second kappa shape index (κ2) is 9.50. The van der Waals surface area contributed by atoms with Crippen LogP contribution in [0, 0.1) is 5.82 Å². The Bertz CT molecular complexity index is 928. The third-order valence-electron chi connectivity index (χ3n) is 5.32. The van der Waals surface area contributed by atoms with E-state index in [2.05, 4.69) is 31.2 Å². The molecule has 5 nitrogen and oxygen atoms in total. The normalized spacial score (nSPS) is 15.9. The smallest absolute Gasteiger partial charge is 0.243 e. The second-order valence-corrected chi connectivity index (χ2v) is 9.20. The van der Waals surface area contributed by atoms with Crippen LogP contribution in [0.4, 0.5) is 4.39 Å². The summed E-state index contributed by atoms with van der Waals surface area (Å²) in [5, 5.41) is 0. The molecule has 0 aliphatic carbocycles. The van der Waals surface area contributed by atoms with Crippen molar-refractivity contribution in [2.24, 2.45) is 0 Å². The monoisotopic (exact) mass is 418 g/mol. The van der Waals surface area contributed by atoms with Crippen molar-refractivity contribution in [2.45, 2.75) is 37.5 Å². The Morgan fingerprint density at radius 2 is 1.59 bits per heavy atom. The molecule has 0 radical (unpaired) electrons. The molecule has 2 aromatic carbocycles. The number of amides is 1. The Morgan fingerprint density at radius 3 is 2.24 bits per heavy atom. The molecule has 29 heavy (non-hydrogen) atoms. The van der Waals surface area contributed by atoms with Crippen LogP contribution in [-0.4, -0.2) is 49.7 Å². The van der Waals surface area contributed by atoms with Gasteiger partial charge in [0.05, 0.1) is 4.90 Å².